The topological polar surface area (TPSA) is 29.3 Å². The summed E-state index contributed by atoms with van der Waals surface area (Å²) in [5.41, 5.74) is 7.02. The van der Waals surface area contributed by atoms with E-state index >= 15 is 0 Å². The van der Waals surface area contributed by atoms with Crippen LogP contribution in [0.5, 0.6) is 0 Å². The summed E-state index contributed by atoms with van der Waals surface area (Å²) in [6.07, 6.45) is 6.48. The van der Waals surface area contributed by atoms with Crippen molar-refractivity contribution in [3.63, 3.8) is 0 Å². The highest BCUT2D eigenvalue weighted by atomic mass is 15.1. The van der Waals surface area contributed by atoms with Crippen LogP contribution >= 0.6 is 0 Å². The average molecular weight is 246 g/mol. The van der Waals surface area contributed by atoms with Gasteiger partial charge in [-0.15, -0.1) is 0 Å². The van der Waals surface area contributed by atoms with Gasteiger partial charge in [-0.25, -0.2) is 0 Å². The van der Waals surface area contributed by atoms with Gasteiger partial charge in [0.15, 0.2) is 0 Å². The van der Waals surface area contributed by atoms with Crippen LogP contribution in [-0.2, 0) is 0 Å². The van der Waals surface area contributed by atoms with Crippen molar-refractivity contribution in [2.24, 2.45) is 5.73 Å². The van der Waals surface area contributed by atoms with Crippen LogP contribution < -0.4 is 5.73 Å². The summed E-state index contributed by atoms with van der Waals surface area (Å²) in [5.74, 6) is 0.759. The summed E-state index contributed by atoms with van der Waals surface area (Å²) < 4.78 is 0. The van der Waals surface area contributed by atoms with Crippen LogP contribution in [0, 0.1) is 0 Å². The van der Waals surface area contributed by atoms with E-state index in [2.05, 4.69) is 35.2 Å². The van der Waals surface area contributed by atoms with Crippen LogP contribution in [0.1, 0.15) is 43.6 Å². The van der Waals surface area contributed by atoms with E-state index < -0.39 is 0 Å². The lowest BCUT2D eigenvalue weighted by atomic mass is 9.99. The summed E-state index contributed by atoms with van der Waals surface area (Å²) in [7, 11) is 0. The molecule has 0 aliphatic carbocycles. The molecular weight excluding hydrogens is 220 g/mol. The summed E-state index contributed by atoms with van der Waals surface area (Å²) >= 11 is 0. The van der Waals surface area contributed by atoms with Crippen LogP contribution in [0.3, 0.4) is 0 Å². The van der Waals surface area contributed by atoms with E-state index in [1.807, 2.05) is 0 Å². The van der Waals surface area contributed by atoms with Gasteiger partial charge >= 0.3 is 0 Å². The van der Waals surface area contributed by atoms with Crippen LogP contribution in [0.15, 0.2) is 30.3 Å². The lowest BCUT2D eigenvalue weighted by molar-refractivity contribution is 0.324. The number of rotatable bonds is 7. The van der Waals surface area contributed by atoms with Crippen molar-refractivity contribution in [1.29, 1.82) is 0 Å². The predicted molar refractivity (Wildman–Crippen MR) is 77.8 cm³/mol. The molecule has 1 aromatic carbocycles. The lowest BCUT2D eigenvalue weighted by Gasteiger charge is -2.16. The monoisotopic (exact) mass is 246 g/mol. The Kier molecular flexibility index (Phi) is 5.69. The maximum absolute atomic E-state index is 5.51. The fourth-order valence-electron chi connectivity index (χ4n) is 2.87. The zero-order valence-electron chi connectivity index (χ0n) is 11.4. The minimum Gasteiger partial charge on any atom is -0.330 e. The third-order valence-electron chi connectivity index (χ3n) is 3.97. The molecule has 0 bridgehead atoms. The molecule has 1 aliphatic heterocycles. The summed E-state index contributed by atoms with van der Waals surface area (Å²) in [5, 5.41) is 0. The minimum atomic E-state index is 0.759. The van der Waals surface area contributed by atoms with Crippen molar-refractivity contribution < 1.29 is 0 Å². The molecular formula is C16H26N2. The van der Waals surface area contributed by atoms with Crippen LogP contribution in [0.25, 0.3) is 0 Å². The smallest absolute Gasteiger partial charge is 0.00507 e. The molecule has 2 N–H and O–H groups in total. The van der Waals surface area contributed by atoms with Crippen molar-refractivity contribution in [2.75, 3.05) is 26.2 Å². The second kappa shape index (κ2) is 7.55. The normalized spacial score (nSPS) is 20.4. The first-order chi connectivity index (χ1) is 8.90. The third kappa shape index (κ3) is 4.11. The Morgan fingerprint density at radius 1 is 1.06 bits per heavy atom. The summed E-state index contributed by atoms with van der Waals surface area (Å²) in [6.45, 7) is 4.64. The SMILES string of the molecule is NCCCCCCN1CCC(c2ccccc2)C1. The molecule has 0 spiro atoms. The molecule has 100 valence electrons. The molecule has 0 amide bonds. The van der Waals surface area contributed by atoms with E-state index in [4.69, 9.17) is 5.73 Å². The number of hydrogen-bond acceptors (Lipinski definition) is 2. The average Bonchev–Trinajstić information content (AvgIpc) is 2.88. The van der Waals surface area contributed by atoms with E-state index in [-0.39, 0.29) is 0 Å². The second-order valence-corrected chi connectivity index (χ2v) is 5.40. The molecule has 18 heavy (non-hydrogen) atoms. The van der Waals surface area contributed by atoms with Gasteiger partial charge < -0.3 is 10.6 Å². The molecule has 1 unspecified atom stereocenters. The molecule has 1 atom stereocenters. The summed E-state index contributed by atoms with van der Waals surface area (Å²) in [4.78, 5) is 2.63. The molecule has 1 aromatic rings. The third-order valence-corrected chi connectivity index (χ3v) is 3.97. The zero-order valence-corrected chi connectivity index (χ0v) is 11.4. The molecule has 2 nitrogen and oxygen atoms in total. The van der Waals surface area contributed by atoms with Gasteiger partial charge in [0.05, 0.1) is 0 Å². The van der Waals surface area contributed by atoms with Gasteiger partial charge in [0.2, 0.25) is 0 Å². The molecule has 2 heteroatoms. The molecule has 1 heterocycles. The maximum Gasteiger partial charge on any atom is 0.00507 e. The maximum atomic E-state index is 5.51. The van der Waals surface area contributed by atoms with Gasteiger partial charge in [-0.05, 0) is 50.4 Å². The van der Waals surface area contributed by atoms with E-state index in [1.165, 1.54) is 57.3 Å². The Hall–Kier alpha value is -0.860. The Morgan fingerprint density at radius 2 is 1.83 bits per heavy atom. The Labute approximate surface area is 111 Å². The van der Waals surface area contributed by atoms with Crippen molar-refractivity contribution in [2.45, 2.75) is 38.0 Å². The number of unbranched alkanes of at least 4 members (excludes halogenated alkanes) is 3. The Morgan fingerprint density at radius 3 is 2.61 bits per heavy atom. The lowest BCUT2D eigenvalue weighted by Crippen LogP contribution is -2.21. The predicted octanol–water partition coefficient (Wildman–Crippen LogP) is 3.00. The van der Waals surface area contributed by atoms with E-state index in [0.717, 1.165) is 12.5 Å². The fourth-order valence-corrected chi connectivity index (χ4v) is 2.87. The second-order valence-electron chi connectivity index (χ2n) is 5.40. The van der Waals surface area contributed by atoms with Crippen molar-refractivity contribution in [3.8, 4) is 0 Å². The number of benzene rings is 1. The first kappa shape index (κ1) is 13.6. The van der Waals surface area contributed by atoms with Gasteiger partial charge in [0.25, 0.3) is 0 Å². The largest absolute Gasteiger partial charge is 0.330 e. The van der Waals surface area contributed by atoms with Crippen molar-refractivity contribution in [3.05, 3.63) is 35.9 Å². The van der Waals surface area contributed by atoms with Gasteiger partial charge in [-0.1, -0.05) is 43.2 Å². The number of hydrogen-bond donors (Lipinski definition) is 1. The van der Waals surface area contributed by atoms with E-state index in [0.29, 0.717) is 0 Å². The molecule has 2 rings (SSSR count). The standard InChI is InChI=1S/C16H26N2/c17-11-6-1-2-7-12-18-13-10-16(14-18)15-8-4-3-5-9-15/h3-5,8-9,16H,1-2,6-7,10-14,17H2. The Balaban J connectivity index is 1.66. The molecule has 1 aliphatic rings. The molecule has 0 radical (unpaired) electrons. The molecule has 0 saturated carbocycles. The highest BCUT2D eigenvalue weighted by molar-refractivity contribution is 5.20. The fraction of sp³-hybridized carbons (Fsp3) is 0.625. The van der Waals surface area contributed by atoms with E-state index in [9.17, 15) is 0 Å². The highest BCUT2D eigenvalue weighted by Gasteiger charge is 2.22. The highest BCUT2D eigenvalue weighted by Crippen LogP contribution is 2.26. The zero-order chi connectivity index (χ0) is 12.6. The first-order valence-electron chi connectivity index (χ1n) is 7.37. The van der Waals surface area contributed by atoms with Crippen LogP contribution in [-0.4, -0.2) is 31.1 Å². The Bertz CT molecular complexity index is 323. The molecule has 1 fully saturated rings. The van der Waals surface area contributed by atoms with E-state index in [1.54, 1.807) is 0 Å². The molecule has 1 saturated heterocycles. The van der Waals surface area contributed by atoms with Gasteiger partial charge in [-0.3, -0.25) is 0 Å². The number of nitrogens with two attached hydrogens (primary N) is 1. The first-order valence-corrected chi connectivity index (χ1v) is 7.37. The van der Waals surface area contributed by atoms with Crippen LogP contribution in [0.2, 0.25) is 0 Å². The minimum absolute atomic E-state index is 0.759. The molecule has 0 aromatic heterocycles. The van der Waals surface area contributed by atoms with Crippen molar-refractivity contribution >= 4 is 0 Å². The van der Waals surface area contributed by atoms with Crippen molar-refractivity contribution in [1.82, 2.24) is 4.90 Å². The quantitative estimate of drug-likeness (QED) is 0.749. The van der Waals surface area contributed by atoms with Gasteiger partial charge in [-0.2, -0.15) is 0 Å². The summed E-state index contributed by atoms with van der Waals surface area (Å²) in [6, 6.07) is 11.0. The number of likely N-dealkylation sites (tertiary alicyclic amines) is 1. The van der Waals surface area contributed by atoms with Crippen LogP contribution in [0.4, 0.5) is 0 Å². The van der Waals surface area contributed by atoms with Gasteiger partial charge in [0.1, 0.15) is 0 Å². The van der Waals surface area contributed by atoms with Gasteiger partial charge in [0, 0.05) is 6.54 Å². The number of nitrogens with zero attached hydrogens (tertiary/aromatic N) is 1.